The minimum Gasteiger partial charge on any atom is -0.394 e. The van der Waals surface area contributed by atoms with E-state index in [9.17, 15) is 19.5 Å². The molecule has 0 unspecified atom stereocenters. The number of nitrogens with one attached hydrogen (secondary N) is 1. The van der Waals surface area contributed by atoms with Crippen LogP contribution in [-0.2, 0) is 31.3 Å². The van der Waals surface area contributed by atoms with Crippen LogP contribution < -0.4 is 20.0 Å². The highest BCUT2D eigenvalue weighted by molar-refractivity contribution is 6.72. The lowest BCUT2D eigenvalue weighted by atomic mass is 9.82. The quantitative estimate of drug-likeness (QED) is 0.238. The summed E-state index contributed by atoms with van der Waals surface area (Å²) < 4.78 is 23.1. The number of amides is 3. The molecule has 2 N–H and O–H groups in total. The van der Waals surface area contributed by atoms with E-state index in [0.29, 0.717) is 18.8 Å². The number of hydrogen-bond donors (Lipinski definition) is 2. The Bertz CT molecular complexity index is 1870. The molecule has 0 aromatic heterocycles. The summed E-state index contributed by atoms with van der Waals surface area (Å²) in [7, 11) is -3.44. The molecule has 2 spiro atoms. The summed E-state index contributed by atoms with van der Waals surface area (Å²) in [6.45, 7) is 7.92. The summed E-state index contributed by atoms with van der Waals surface area (Å²) in [5, 5.41) is 13.3. The molecule has 3 aromatic carbocycles. The van der Waals surface area contributed by atoms with Crippen LogP contribution in [0.5, 0.6) is 0 Å². The molecular weight excluding hydrogens is 690 g/mol. The van der Waals surface area contributed by atoms with E-state index in [2.05, 4.69) is 22.3 Å². The van der Waals surface area contributed by atoms with Gasteiger partial charge in [-0.15, -0.1) is 0 Å². The van der Waals surface area contributed by atoms with Gasteiger partial charge in [-0.05, 0) is 87.8 Å². The molecule has 10 nitrogen and oxygen atoms in total. The van der Waals surface area contributed by atoms with E-state index < -0.39 is 37.1 Å². The zero-order chi connectivity index (χ0) is 37.1. The van der Waals surface area contributed by atoms with Crippen molar-refractivity contribution in [1.29, 1.82) is 0 Å². The molecule has 5 atom stereocenters. The van der Waals surface area contributed by atoms with Crippen LogP contribution in [0.4, 0.5) is 21.2 Å². The number of nitrogens with zero attached hydrogens (tertiary/aromatic N) is 4. The van der Waals surface area contributed by atoms with Crippen LogP contribution in [-0.4, -0.2) is 86.7 Å². The van der Waals surface area contributed by atoms with Crippen molar-refractivity contribution in [2.45, 2.75) is 87.5 Å². The van der Waals surface area contributed by atoms with Gasteiger partial charge >= 0.3 is 0 Å². The number of benzene rings is 3. The third kappa shape index (κ3) is 5.80. The lowest BCUT2D eigenvalue weighted by Gasteiger charge is -2.39. The van der Waals surface area contributed by atoms with E-state index in [-0.39, 0.29) is 43.3 Å². The molecule has 0 radical (unpaired) electrons. The highest BCUT2D eigenvalue weighted by Crippen LogP contribution is 2.60. The number of fused-ring (bicyclic) bond motifs is 2. The monoisotopic (exact) mass is 739 g/mol. The molecule has 4 saturated heterocycles. The first-order chi connectivity index (χ1) is 25.5. The van der Waals surface area contributed by atoms with Gasteiger partial charge in [-0.2, -0.15) is 0 Å². The average Bonchev–Trinajstić information content (AvgIpc) is 3.89. The van der Waals surface area contributed by atoms with Gasteiger partial charge in [-0.3, -0.25) is 19.3 Å². The highest BCUT2D eigenvalue weighted by Gasteiger charge is 2.67. The van der Waals surface area contributed by atoms with Crippen molar-refractivity contribution in [3.8, 4) is 0 Å². The Kier molecular flexibility index (Phi) is 9.24. The lowest BCUT2D eigenvalue weighted by Crippen LogP contribution is -2.55. The average molecular weight is 740 g/mol. The van der Waals surface area contributed by atoms with Gasteiger partial charge in [0, 0.05) is 34.9 Å². The first-order valence-electron chi connectivity index (χ1n) is 19.1. The Labute approximate surface area is 312 Å². The first kappa shape index (κ1) is 35.9. The Balaban J connectivity index is 1.05. The number of para-hydroxylation sites is 2. The van der Waals surface area contributed by atoms with E-state index in [1.165, 1.54) is 0 Å². The highest BCUT2D eigenvalue weighted by atomic mass is 28.4. The second-order valence-corrected chi connectivity index (χ2v) is 19.8. The van der Waals surface area contributed by atoms with E-state index in [1.54, 1.807) is 22.9 Å². The fourth-order valence-electron chi connectivity index (χ4n) is 10.1. The Morgan fingerprint density at radius 3 is 2.36 bits per heavy atom. The molecule has 4 fully saturated rings. The third-order valence-corrected chi connectivity index (χ3v) is 15.1. The normalized spacial score (nSPS) is 28.2. The molecule has 53 heavy (non-hydrogen) atoms. The zero-order valence-electron chi connectivity index (χ0n) is 30.8. The van der Waals surface area contributed by atoms with Gasteiger partial charge in [-0.1, -0.05) is 55.5 Å². The molecular formula is C41H50FN5O5Si. The number of likely N-dealkylation sites (tertiary alicyclic amines) is 1. The van der Waals surface area contributed by atoms with Crippen LogP contribution in [0.15, 0.2) is 78.9 Å². The first-order valence-corrected chi connectivity index (χ1v) is 22.1. The van der Waals surface area contributed by atoms with Crippen LogP contribution in [0.2, 0.25) is 18.6 Å². The molecule has 0 saturated carbocycles. The third-order valence-electron chi connectivity index (χ3n) is 12.7. The number of halogens is 1. The van der Waals surface area contributed by atoms with E-state index in [0.717, 1.165) is 61.4 Å². The van der Waals surface area contributed by atoms with Crippen molar-refractivity contribution in [3.63, 3.8) is 0 Å². The summed E-state index contributed by atoms with van der Waals surface area (Å²) in [5.41, 5.74) is 1.54. The largest absolute Gasteiger partial charge is 0.394 e. The number of rotatable bonds is 8. The van der Waals surface area contributed by atoms with Crippen molar-refractivity contribution in [3.05, 3.63) is 90.0 Å². The maximum atomic E-state index is 16.3. The zero-order valence-corrected chi connectivity index (χ0v) is 31.8. The minimum absolute atomic E-state index is 0.0285. The summed E-state index contributed by atoms with van der Waals surface area (Å²) in [6, 6.07) is 25.3. The molecule has 5 heterocycles. The van der Waals surface area contributed by atoms with Gasteiger partial charge in [0.15, 0.2) is 5.60 Å². The fraction of sp³-hybridized carbons (Fsp3) is 0.488. The number of piperidine rings is 1. The summed E-state index contributed by atoms with van der Waals surface area (Å²) in [6.07, 6.45) is 2.22. The minimum atomic E-state index is -3.44. The number of anilines is 3. The lowest BCUT2D eigenvalue weighted by molar-refractivity contribution is -0.150. The van der Waals surface area contributed by atoms with Crippen molar-refractivity contribution in [2.75, 3.05) is 47.6 Å². The standard InChI is InChI=1S/C41H50FN5O5Si/c1-28-37(53(2,3)42)35(24-36(49)44-23-9-12-32(44)26-48)52-41(28)33-13-7-8-14-34(33)45(39(41)51)25-29-15-17-30(18-16-29)46-27-47(31-10-5-4-6-11-31)40(38(46)50)19-21-43-22-20-40/h4-8,10-11,13-18,28,32,35,37,43,48H,9,12,19-27H2,1-3H3/t28-,32+,35+,37-,41+/m1/s1. The second kappa shape index (κ2) is 13.6. The van der Waals surface area contributed by atoms with Gasteiger partial charge in [-0.25, -0.2) is 0 Å². The molecule has 5 aliphatic heterocycles. The number of ether oxygens (including phenoxy) is 1. The molecule has 0 bridgehead atoms. The number of carbonyl (C=O) groups is 3. The molecule has 12 heteroatoms. The summed E-state index contributed by atoms with van der Waals surface area (Å²) >= 11 is 0. The van der Waals surface area contributed by atoms with E-state index in [1.807, 2.05) is 78.6 Å². The van der Waals surface area contributed by atoms with Crippen LogP contribution in [0.25, 0.3) is 0 Å². The predicted molar refractivity (Wildman–Crippen MR) is 205 cm³/mol. The van der Waals surface area contributed by atoms with E-state index >= 15 is 4.11 Å². The van der Waals surface area contributed by atoms with Gasteiger partial charge in [0.05, 0.1) is 44.1 Å². The van der Waals surface area contributed by atoms with Crippen LogP contribution in [0.1, 0.15) is 50.2 Å². The van der Waals surface area contributed by atoms with Gasteiger partial charge < -0.3 is 34.0 Å². The maximum Gasteiger partial charge on any atom is 0.264 e. The number of aliphatic hydroxyl groups excluding tert-OH is 1. The molecule has 3 amide bonds. The molecule has 3 aromatic rings. The molecule has 0 aliphatic carbocycles. The van der Waals surface area contributed by atoms with Crippen molar-refractivity contribution >= 4 is 43.2 Å². The molecule has 5 aliphatic rings. The topological polar surface area (TPSA) is 106 Å². The van der Waals surface area contributed by atoms with E-state index in [4.69, 9.17) is 4.74 Å². The van der Waals surface area contributed by atoms with Crippen LogP contribution >= 0.6 is 0 Å². The van der Waals surface area contributed by atoms with Crippen molar-refractivity contribution in [2.24, 2.45) is 5.92 Å². The Morgan fingerprint density at radius 2 is 1.66 bits per heavy atom. The molecule has 8 rings (SSSR count). The van der Waals surface area contributed by atoms with Crippen molar-refractivity contribution < 1.29 is 28.3 Å². The SMILES string of the molecule is C[C@@H]1[C@@H]([Si](C)(C)F)[C@H](CC(=O)N2CCC[C@H]2CO)O[C@@]12C(=O)N(Cc1ccc(N3CN(c4ccccc4)C4(CCNCC4)C3=O)cc1)c1ccccc12. The van der Waals surface area contributed by atoms with Gasteiger partial charge in [0.25, 0.3) is 11.8 Å². The second-order valence-electron chi connectivity index (χ2n) is 16.0. The summed E-state index contributed by atoms with van der Waals surface area (Å²) in [4.78, 5) is 50.2. The predicted octanol–water partition coefficient (Wildman–Crippen LogP) is 5.31. The summed E-state index contributed by atoms with van der Waals surface area (Å²) in [5.74, 6) is -0.809. The maximum absolute atomic E-state index is 16.3. The van der Waals surface area contributed by atoms with Crippen LogP contribution in [0.3, 0.4) is 0 Å². The van der Waals surface area contributed by atoms with Gasteiger partial charge in [0.1, 0.15) is 5.54 Å². The Morgan fingerprint density at radius 1 is 0.962 bits per heavy atom. The number of hydrogen-bond acceptors (Lipinski definition) is 7. The Hall–Kier alpha value is -4.10. The number of carbonyl (C=O) groups excluding carboxylic acids is 3. The molecule has 280 valence electrons. The smallest absolute Gasteiger partial charge is 0.264 e. The van der Waals surface area contributed by atoms with Crippen LogP contribution in [0, 0.1) is 5.92 Å². The van der Waals surface area contributed by atoms with Gasteiger partial charge in [0.2, 0.25) is 14.3 Å². The fourth-order valence-corrected chi connectivity index (χ4v) is 12.6. The van der Waals surface area contributed by atoms with Crippen molar-refractivity contribution in [1.82, 2.24) is 10.2 Å². The number of aliphatic hydroxyl groups is 1.